The third-order valence-electron chi connectivity index (χ3n) is 4.05. The fourth-order valence-electron chi connectivity index (χ4n) is 2.61. The molecular formula is C20H14ClFN4O3S. The third kappa shape index (κ3) is 4.47. The second kappa shape index (κ2) is 8.60. The summed E-state index contributed by atoms with van der Waals surface area (Å²) in [5, 5.41) is 8.02. The summed E-state index contributed by atoms with van der Waals surface area (Å²) < 4.78 is 19.4. The van der Waals surface area contributed by atoms with Crippen LogP contribution in [0.15, 0.2) is 59.4 Å². The summed E-state index contributed by atoms with van der Waals surface area (Å²) >= 11 is 7.43. The Morgan fingerprint density at radius 2 is 1.97 bits per heavy atom. The summed E-state index contributed by atoms with van der Waals surface area (Å²) in [6, 6.07) is 13.9. The maximum absolute atomic E-state index is 12.9. The molecule has 1 amide bonds. The van der Waals surface area contributed by atoms with Crippen molar-refractivity contribution in [3.63, 3.8) is 0 Å². The largest absolute Gasteiger partial charge is 0.484 e. The lowest BCUT2D eigenvalue weighted by Crippen LogP contribution is -2.29. The van der Waals surface area contributed by atoms with Gasteiger partial charge in [0.05, 0.1) is 17.3 Å². The third-order valence-corrected chi connectivity index (χ3v) is 5.32. The van der Waals surface area contributed by atoms with Crippen molar-refractivity contribution in [2.45, 2.75) is 6.54 Å². The Morgan fingerprint density at radius 3 is 2.73 bits per heavy atom. The van der Waals surface area contributed by atoms with E-state index in [1.165, 1.54) is 46.2 Å². The molecule has 4 rings (SSSR count). The predicted octanol–water partition coefficient (Wildman–Crippen LogP) is 3.31. The monoisotopic (exact) mass is 444 g/mol. The quantitative estimate of drug-likeness (QED) is 0.493. The first-order valence-corrected chi connectivity index (χ1v) is 9.99. The van der Waals surface area contributed by atoms with Crippen LogP contribution in [-0.2, 0) is 11.3 Å². The summed E-state index contributed by atoms with van der Waals surface area (Å²) in [7, 11) is 0. The van der Waals surface area contributed by atoms with Crippen LogP contribution in [0.1, 0.15) is 5.69 Å². The lowest BCUT2D eigenvalue weighted by molar-refractivity contribution is -0.123. The molecule has 2 heterocycles. The van der Waals surface area contributed by atoms with Gasteiger partial charge in [-0.3, -0.25) is 9.59 Å². The second-order valence-electron chi connectivity index (χ2n) is 6.19. The van der Waals surface area contributed by atoms with Crippen LogP contribution in [0.25, 0.3) is 15.5 Å². The molecule has 0 saturated carbocycles. The minimum Gasteiger partial charge on any atom is -0.484 e. The van der Waals surface area contributed by atoms with E-state index in [0.29, 0.717) is 32.0 Å². The summed E-state index contributed by atoms with van der Waals surface area (Å²) in [5.74, 6) is -0.413. The second-order valence-corrected chi connectivity index (χ2v) is 7.55. The summed E-state index contributed by atoms with van der Waals surface area (Å²) in [5.41, 5.74) is 0.743. The highest BCUT2D eigenvalue weighted by molar-refractivity contribution is 7.19. The zero-order valence-electron chi connectivity index (χ0n) is 15.3. The van der Waals surface area contributed by atoms with Gasteiger partial charge in [0.2, 0.25) is 4.96 Å². The number of halogens is 2. The van der Waals surface area contributed by atoms with E-state index >= 15 is 0 Å². The van der Waals surface area contributed by atoms with Crippen LogP contribution in [0.3, 0.4) is 0 Å². The number of nitrogens with zero attached hydrogens (tertiary/aromatic N) is 3. The molecule has 7 nitrogen and oxygen atoms in total. The molecule has 0 unspecified atom stereocenters. The topological polar surface area (TPSA) is 85.6 Å². The predicted molar refractivity (Wildman–Crippen MR) is 111 cm³/mol. The van der Waals surface area contributed by atoms with Crippen LogP contribution in [0.5, 0.6) is 5.75 Å². The number of aromatic nitrogens is 3. The first-order valence-electron chi connectivity index (χ1n) is 8.79. The van der Waals surface area contributed by atoms with E-state index in [0.717, 1.165) is 0 Å². The van der Waals surface area contributed by atoms with Crippen molar-refractivity contribution in [1.82, 2.24) is 19.9 Å². The first kappa shape index (κ1) is 20.0. The Hall–Kier alpha value is -3.30. The molecule has 0 bridgehead atoms. The van der Waals surface area contributed by atoms with Crippen molar-refractivity contribution in [2.75, 3.05) is 6.61 Å². The molecule has 2 aromatic carbocycles. The molecule has 4 aromatic rings. The fraction of sp³-hybridized carbons (Fsp3) is 0.100. The van der Waals surface area contributed by atoms with Crippen LogP contribution in [0.2, 0.25) is 5.02 Å². The van der Waals surface area contributed by atoms with E-state index in [2.05, 4.69) is 15.4 Å². The molecule has 0 saturated heterocycles. The highest BCUT2D eigenvalue weighted by Gasteiger charge is 2.13. The van der Waals surface area contributed by atoms with E-state index in [1.54, 1.807) is 6.07 Å². The molecule has 0 spiro atoms. The molecule has 2 aromatic heterocycles. The van der Waals surface area contributed by atoms with Gasteiger partial charge in [-0.15, -0.1) is 0 Å². The summed E-state index contributed by atoms with van der Waals surface area (Å²) in [6.07, 6.45) is 0. The standard InChI is InChI=1S/C20H14ClFN4O3S/c21-16-4-2-1-3-15(16)19-25-26-18(28)9-13(24-20(26)30-19)10-23-17(27)11-29-14-7-5-12(22)6-8-14/h1-9H,10-11H2,(H,23,27). The molecule has 10 heteroatoms. The van der Waals surface area contributed by atoms with Gasteiger partial charge in [0.15, 0.2) is 6.61 Å². The van der Waals surface area contributed by atoms with Crippen molar-refractivity contribution in [1.29, 1.82) is 0 Å². The molecule has 0 fully saturated rings. The first-order chi connectivity index (χ1) is 14.5. The van der Waals surface area contributed by atoms with Crippen LogP contribution in [-0.4, -0.2) is 27.1 Å². The van der Waals surface area contributed by atoms with E-state index in [4.69, 9.17) is 16.3 Å². The molecule has 0 aliphatic carbocycles. The van der Waals surface area contributed by atoms with Gasteiger partial charge in [0, 0.05) is 11.6 Å². The molecule has 30 heavy (non-hydrogen) atoms. The summed E-state index contributed by atoms with van der Waals surface area (Å²) in [4.78, 5) is 29.1. The number of carbonyl (C=O) groups excluding carboxylic acids is 1. The Labute approximate surface area is 178 Å². The minimum absolute atomic E-state index is 0.0523. The molecule has 0 radical (unpaired) electrons. The highest BCUT2D eigenvalue weighted by Crippen LogP contribution is 2.30. The minimum atomic E-state index is -0.401. The zero-order chi connectivity index (χ0) is 21.1. The fourth-order valence-corrected chi connectivity index (χ4v) is 3.85. The number of amides is 1. The number of hydrogen-bond donors (Lipinski definition) is 1. The highest BCUT2D eigenvalue weighted by atomic mass is 35.5. The number of carbonyl (C=O) groups is 1. The molecule has 152 valence electrons. The van der Waals surface area contributed by atoms with Gasteiger partial charge < -0.3 is 10.1 Å². The van der Waals surface area contributed by atoms with Crippen molar-refractivity contribution in [3.05, 3.63) is 81.5 Å². The Kier molecular flexibility index (Phi) is 5.73. The Balaban J connectivity index is 1.44. The average molecular weight is 445 g/mol. The normalized spacial score (nSPS) is 10.9. The lowest BCUT2D eigenvalue weighted by Gasteiger charge is -2.07. The van der Waals surface area contributed by atoms with Gasteiger partial charge in [0.1, 0.15) is 16.6 Å². The van der Waals surface area contributed by atoms with Gasteiger partial charge in [-0.05, 0) is 30.3 Å². The number of ether oxygens (including phenoxy) is 1. The van der Waals surface area contributed by atoms with Gasteiger partial charge in [-0.2, -0.15) is 9.61 Å². The molecule has 0 aliphatic rings. The van der Waals surface area contributed by atoms with Gasteiger partial charge in [-0.1, -0.05) is 41.1 Å². The Morgan fingerprint density at radius 1 is 1.20 bits per heavy atom. The molecule has 0 atom stereocenters. The maximum Gasteiger partial charge on any atom is 0.275 e. The SMILES string of the molecule is O=C(COc1ccc(F)cc1)NCc1cc(=O)n2nc(-c3ccccc3Cl)sc2n1. The van der Waals surface area contributed by atoms with Gasteiger partial charge in [-0.25, -0.2) is 9.37 Å². The number of hydrogen-bond acceptors (Lipinski definition) is 6. The van der Waals surface area contributed by atoms with E-state index in [9.17, 15) is 14.0 Å². The smallest absolute Gasteiger partial charge is 0.275 e. The number of rotatable bonds is 6. The van der Waals surface area contributed by atoms with Gasteiger partial charge >= 0.3 is 0 Å². The van der Waals surface area contributed by atoms with Crippen molar-refractivity contribution in [3.8, 4) is 16.3 Å². The zero-order valence-corrected chi connectivity index (χ0v) is 16.9. The number of fused-ring (bicyclic) bond motifs is 1. The average Bonchev–Trinajstić information content (AvgIpc) is 3.17. The number of nitrogens with one attached hydrogen (secondary N) is 1. The molecule has 0 aliphatic heterocycles. The molecular weight excluding hydrogens is 431 g/mol. The van der Waals surface area contributed by atoms with Crippen molar-refractivity contribution in [2.24, 2.45) is 0 Å². The summed E-state index contributed by atoms with van der Waals surface area (Å²) in [6.45, 7) is -0.194. The van der Waals surface area contributed by atoms with Crippen LogP contribution in [0, 0.1) is 5.82 Å². The molecule has 1 N–H and O–H groups in total. The van der Waals surface area contributed by atoms with E-state index < -0.39 is 5.91 Å². The maximum atomic E-state index is 12.9. The van der Waals surface area contributed by atoms with Crippen molar-refractivity contribution >= 4 is 33.8 Å². The van der Waals surface area contributed by atoms with Crippen LogP contribution in [0.4, 0.5) is 4.39 Å². The van der Waals surface area contributed by atoms with Crippen molar-refractivity contribution < 1.29 is 13.9 Å². The van der Waals surface area contributed by atoms with E-state index in [1.807, 2.05) is 18.2 Å². The van der Waals surface area contributed by atoms with Crippen LogP contribution < -0.4 is 15.6 Å². The Bertz CT molecular complexity index is 1270. The van der Waals surface area contributed by atoms with E-state index in [-0.39, 0.29) is 24.5 Å². The van der Waals surface area contributed by atoms with Crippen LogP contribution >= 0.6 is 22.9 Å². The van der Waals surface area contributed by atoms with Gasteiger partial charge in [0.25, 0.3) is 11.5 Å². The number of benzene rings is 2. The lowest BCUT2D eigenvalue weighted by atomic mass is 10.2.